The second-order valence-corrected chi connectivity index (χ2v) is 5.40. The molecule has 1 atom stereocenters. The first-order valence-electron chi connectivity index (χ1n) is 7.97. The first-order chi connectivity index (χ1) is 9.81. The van der Waals surface area contributed by atoms with Crippen LogP contribution in [-0.2, 0) is 0 Å². The molecular weight excluding hydrogens is 269 g/mol. The molecule has 0 radical (unpaired) electrons. The topological polar surface area (TPSA) is 17.3 Å². The van der Waals surface area contributed by atoms with Crippen LogP contribution in [-0.4, -0.2) is 54.6 Å². The number of likely N-dealkylation sites (tertiary alicyclic amines) is 1. The van der Waals surface area contributed by atoms with Crippen molar-refractivity contribution in [2.45, 2.75) is 45.1 Å². The van der Waals surface area contributed by atoms with Gasteiger partial charge in [-0.25, -0.2) is 0 Å². The normalized spacial score (nSPS) is 16.3. The zero-order valence-corrected chi connectivity index (χ0v) is 15.3. The van der Waals surface area contributed by atoms with Gasteiger partial charge in [-0.05, 0) is 32.5 Å². The summed E-state index contributed by atoms with van der Waals surface area (Å²) in [5, 5.41) is 4.51. The molecule has 1 aromatic rings. The molecule has 0 aromatic heterocycles. The molecule has 114 valence electrons. The Kier molecular flexibility index (Phi) is 13.5. The van der Waals surface area contributed by atoms with Gasteiger partial charge in [0, 0.05) is 0 Å². The Hall–Kier alpha value is -0.0938. The third kappa shape index (κ3) is 8.82. The largest absolute Gasteiger partial charge is 2.00 e. The maximum Gasteiger partial charge on any atom is 2.00 e. The summed E-state index contributed by atoms with van der Waals surface area (Å²) in [6.45, 7) is 9.30. The number of hydrogen-bond donors (Lipinski definition) is 0. The first-order valence-corrected chi connectivity index (χ1v) is 7.97. The quantitative estimate of drug-likeness (QED) is 0.579. The van der Waals surface area contributed by atoms with E-state index in [4.69, 9.17) is 0 Å². The maximum absolute atomic E-state index is 4.51. The summed E-state index contributed by atoms with van der Waals surface area (Å²) in [6.07, 6.45) is 6.38. The van der Waals surface area contributed by atoms with Gasteiger partial charge in [0.1, 0.15) is 0 Å². The zero-order valence-electron chi connectivity index (χ0n) is 13.9. The Morgan fingerprint density at radius 1 is 1.14 bits per heavy atom. The van der Waals surface area contributed by atoms with Crippen molar-refractivity contribution < 1.29 is 0 Å². The van der Waals surface area contributed by atoms with E-state index in [9.17, 15) is 0 Å². The molecule has 0 amide bonds. The van der Waals surface area contributed by atoms with Crippen LogP contribution in [0.15, 0.2) is 30.3 Å². The van der Waals surface area contributed by atoms with Crippen LogP contribution in [0.25, 0.3) is 5.32 Å². The second kappa shape index (κ2) is 13.6. The number of unbranched alkanes of at least 4 members (excludes halogenated alkanes) is 1. The summed E-state index contributed by atoms with van der Waals surface area (Å²) in [6, 6.07) is 11.0. The van der Waals surface area contributed by atoms with Gasteiger partial charge in [-0.3, -0.25) is 0 Å². The van der Waals surface area contributed by atoms with E-state index >= 15 is 0 Å². The van der Waals surface area contributed by atoms with Crippen molar-refractivity contribution in [1.29, 1.82) is 0 Å². The fourth-order valence-corrected chi connectivity index (χ4v) is 2.40. The maximum atomic E-state index is 4.51. The van der Waals surface area contributed by atoms with Gasteiger partial charge in [0.25, 0.3) is 0 Å². The standard InChI is InChI=1S/C14H21N2.C4H9.Mg/c1-15-14(13-8-4-2-5-9-13)12-16-10-6-3-7-11-16;1-3-4-2;/h2,4-5,8-9,14H,3,6-7,10-12H2,1H3;1,3-4H2,2H3;/q2*-1;+2/t14-;;/m0../s1. The number of hydrogen-bond acceptors (Lipinski definition) is 1. The Morgan fingerprint density at radius 2 is 1.71 bits per heavy atom. The molecule has 0 bridgehead atoms. The molecule has 1 saturated heterocycles. The van der Waals surface area contributed by atoms with Gasteiger partial charge in [0.15, 0.2) is 0 Å². The minimum absolute atomic E-state index is 0. The average molecular weight is 299 g/mol. The van der Waals surface area contributed by atoms with Crippen molar-refractivity contribution in [2.75, 3.05) is 26.7 Å². The molecule has 0 unspecified atom stereocenters. The van der Waals surface area contributed by atoms with Crippen LogP contribution in [0.5, 0.6) is 0 Å². The number of likely N-dealkylation sites (N-methyl/N-ethyl adjacent to an activating group) is 1. The number of rotatable bonds is 5. The summed E-state index contributed by atoms with van der Waals surface area (Å²) in [5.74, 6) is 0. The van der Waals surface area contributed by atoms with Gasteiger partial charge in [-0.2, -0.15) is 13.5 Å². The second-order valence-electron chi connectivity index (χ2n) is 5.40. The SMILES string of the molecule is C[N-][C@@H](CN1CCCCC1)c1ccccc1.[CH2-]CCC.[Mg+2]. The summed E-state index contributed by atoms with van der Waals surface area (Å²) in [4.78, 5) is 2.55. The van der Waals surface area contributed by atoms with E-state index in [2.05, 4.69) is 54.4 Å². The smallest absolute Gasteiger partial charge is 0.657 e. The van der Waals surface area contributed by atoms with Crippen molar-refractivity contribution in [3.63, 3.8) is 0 Å². The number of piperidine rings is 1. The summed E-state index contributed by atoms with van der Waals surface area (Å²) in [5.41, 5.74) is 1.34. The van der Waals surface area contributed by atoms with Crippen molar-refractivity contribution >= 4 is 23.1 Å². The predicted octanol–water partition coefficient (Wildman–Crippen LogP) is 4.46. The Morgan fingerprint density at radius 3 is 2.19 bits per heavy atom. The van der Waals surface area contributed by atoms with Gasteiger partial charge >= 0.3 is 23.1 Å². The van der Waals surface area contributed by atoms with E-state index in [1.54, 1.807) is 0 Å². The van der Waals surface area contributed by atoms with Crippen LogP contribution >= 0.6 is 0 Å². The molecule has 1 aliphatic heterocycles. The Balaban J connectivity index is 0.000000715. The molecule has 21 heavy (non-hydrogen) atoms. The molecular formula is C18H30MgN2. The fraction of sp³-hybridized carbons (Fsp3) is 0.611. The molecule has 0 saturated carbocycles. The Bertz CT molecular complexity index is 321. The van der Waals surface area contributed by atoms with E-state index < -0.39 is 0 Å². The van der Waals surface area contributed by atoms with Gasteiger partial charge in [-0.15, -0.1) is 0 Å². The van der Waals surface area contributed by atoms with Crippen molar-refractivity contribution in [2.24, 2.45) is 0 Å². The van der Waals surface area contributed by atoms with E-state index in [1.165, 1.54) is 44.3 Å². The van der Waals surface area contributed by atoms with Crippen LogP contribution in [0.3, 0.4) is 0 Å². The molecule has 0 N–H and O–H groups in total. The zero-order chi connectivity index (χ0) is 14.6. The summed E-state index contributed by atoms with van der Waals surface area (Å²) < 4.78 is 0. The monoisotopic (exact) mass is 298 g/mol. The number of benzene rings is 1. The van der Waals surface area contributed by atoms with Crippen molar-refractivity contribution in [3.8, 4) is 0 Å². The van der Waals surface area contributed by atoms with Crippen LogP contribution in [0.4, 0.5) is 0 Å². The third-order valence-electron chi connectivity index (χ3n) is 3.73. The van der Waals surface area contributed by atoms with Crippen LogP contribution in [0.1, 0.15) is 50.6 Å². The molecule has 0 spiro atoms. The van der Waals surface area contributed by atoms with Crippen LogP contribution < -0.4 is 0 Å². The van der Waals surface area contributed by atoms with Crippen molar-refractivity contribution in [1.82, 2.24) is 4.90 Å². The molecule has 1 fully saturated rings. The van der Waals surface area contributed by atoms with E-state index in [0.29, 0.717) is 6.04 Å². The molecule has 3 heteroatoms. The van der Waals surface area contributed by atoms with Crippen LogP contribution in [0, 0.1) is 6.92 Å². The molecule has 0 aliphatic carbocycles. The minimum atomic E-state index is 0. The van der Waals surface area contributed by atoms with Gasteiger partial charge in [0.2, 0.25) is 0 Å². The van der Waals surface area contributed by atoms with E-state index in [1.807, 2.05) is 7.05 Å². The summed E-state index contributed by atoms with van der Waals surface area (Å²) in [7, 11) is 1.93. The predicted molar refractivity (Wildman–Crippen MR) is 94.8 cm³/mol. The molecule has 1 aromatic carbocycles. The van der Waals surface area contributed by atoms with Gasteiger partial charge < -0.3 is 17.1 Å². The molecule has 2 rings (SSSR count). The molecule has 1 aliphatic rings. The van der Waals surface area contributed by atoms with Crippen molar-refractivity contribution in [3.05, 3.63) is 48.1 Å². The third-order valence-corrected chi connectivity index (χ3v) is 3.73. The summed E-state index contributed by atoms with van der Waals surface area (Å²) >= 11 is 0. The Labute approximate surface area is 147 Å². The average Bonchev–Trinajstić information content (AvgIpc) is 2.54. The fourth-order valence-electron chi connectivity index (χ4n) is 2.40. The van der Waals surface area contributed by atoms with E-state index in [0.717, 1.165) is 13.0 Å². The number of nitrogens with zero attached hydrogens (tertiary/aromatic N) is 2. The molecule has 1 heterocycles. The van der Waals surface area contributed by atoms with Crippen LogP contribution in [0.2, 0.25) is 0 Å². The first kappa shape index (κ1) is 20.9. The molecule has 2 nitrogen and oxygen atoms in total. The van der Waals surface area contributed by atoms with Gasteiger partial charge in [-0.1, -0.05) is 61.7 Å². The van der Waals surface area contributed by atoms with E-state index in [-0.39, 0.29) is 23.1 Å². The van der Waals surface area contributed by atoms with Gasteiger partial charge in [0.05, 0.1) is 0 Å². The minimum Gasteiger partial charge on any atom is -0.657 e.